The monoisotopic (exact) mass is 263 g/mol. The number of allylic oxidation sites excluding steroid dienone is 1. The largest absolute Gasteiger partial charge is 0.477 e. The molecular formula is C15H25N3O. The van der Waals surface area contributed by atoms with Crippen molar-refractivity contribution in [2.45, 2.75) is 46.0 Å². The topological polar surface area (TPSA) is 47.0 Å². The molecule has 0 bridgehead atoms. The Bertz CT molecular complexity index is 436. The van der Waals surface area contributed by atoms with E-state index in [1.165, 1.54) is 0 Å². The molecule has 0 aliphatic rings. The Morgan fingerprint density at radius 2 is 2.00 bits per heavy atom. The highest BCUT2D eigenvalue weighted by Gasteiger charge is 2.21. The molecule has 0 atom stereocenters. The van der Waals surface area contributed by atoms with E-state index in [4.69, 9.17) is 4.74 Å². The van der Waals surface area contributed by atoms with Crippen LogP contribution in [-0.4, -0.2) is 23.6 Å². The molecule has 0 unspecified atom stereocenters. The first-order chi connectivity index (χ1) is 8.90. The number of hydrogen-bond acceptors (Lipinski definition) is 4. The van der Waals surface area contributed by atoms with Crippen LogP contribution in [0.5, 0.6) is 5.88 Å². The quantitative estimate of drug-likeness (QED) is 0.630. The van der Waals surface area contributed by atoms with Gasteiger partial charge in [0.1, 0.15) is 11.6 Å². The lowest BCUT2D eigenvalue weighted by Gasteiger charge is -2.20. The van der Waals surface area contributed by atoms with Gasteiger partial charge in [0.2, 0.25) is 5.88 Å². The van der Waals surface area contributed by atoms with Gasteiger partial charge in [0, 0.05) is 12.5 Å². The maximum absolute atomic E-state index is 5.78. The third-order valence-electron chi connectivity index (χ3n) is 2.80. The highest BCUT2D eigenvalue weighted by Crippen LogP contribution is 2.27. The molecule has 1 aromatic heterocycles. The number of nitrogens with one attached hydrogen (secondary N) is 1. The van der Waals surface area contributed by atoms with Crippen LogP contribution in [0, 0.1) is 6.92 Å². The maximum atomic E-state index is 5.78. The van der Waals surface area contributed by atoms with E-state index in [1.54, 1.807) is 0 Å². The Kier molecular flexibility index (Phi) is 5.33. The predicted octanol–water partition coefficient (Wildman–Crippen LogP) is 3.47. The number of nitrogens with zero attached hydrogens (tertiary/aromatic N) is 2. The number of hydrogen-bond donors (Lipinski definition) is 1. The lowest BCUT2D eigenvalue weighted by molar-refractivity contribution is 0.294. The predicted molar refractivity (Wildman–Crippen MR) is 79.9 cm³/mol. The molecule has 4 nitrogen and oxygen atoms in total. The second-order valence-electron chi connectivity index (χ2n) is 5.61. The number of anilines is 1. The standard InChI is InChI=1S/C15H25N3O/c1-7-8-9-10-19-13-11(2)12(16-6)17-14(18-13)15(3,4)5/h7H,1,8-10H2,2-6H3,(H,16,17,18). The van der Waals surface area contributed by atoms with Crippen LogP contribution < -0.4 is 10.1 Å². The molecule has 1 aromatic rings. The van der Waals surface area contributed by atoms with E-state index in [1.807, 2.05) is 20.0 Å². The average molecular weight is 263 g/mol. The molecule has 0 aliphatic carbocycles. The molecule has 1 heterocycles. The molecule has 0 saturated heterocycles. The van der Waals surface area contributed by atoms with Gasteiger partial charge >= 0.3 is 0 Å². The molecule has 0 fully saturated rings. The summed E-state index contributed by atoms with van der Waals surface area (Å²) in [5.41, 5.74) is 0.854. The SMILES string of the molecule is C=CCCCOc1nc(C(C)(C)C)nc(NC)c1C. The second kappa shape index (κ2) is 6.55. The molecule has 1 N–H and O–H groups in total. The smallest absolute Gasteiger partial charge is 0.221 e. The van der Waals surface area contributed by atoms with E-state index in [-0.39, 0.29) is 5.41 Å². The summed E-state index contributed by atoms with van der Waals surface area (Å²) in [5, 5.41) is 3.10. The summed E-state index contributed by atoms with van der Waals surface area (Å²) in [6.45, 7) is 12.6. The first kappa shape index (κ1) is 15.5. The van der Waals surface area contributed by atoms with Crippen LogP contribution in [0.15, 0.2) is 12.7 Å². The Labute approximate surface area is 116 Å². The van der Waals surface area contributed by atoms with Gasteiger partial charge in [-0.2, -0.15) is 4.98 Å². The van der Waals surface area contributed by atoms with Crippen LogP contribution in [0.3, 0.4) is 0 Å². The molecule has 0 aromatic carbocycles. The van der Waals surface area contributed by atoms with Crippen LogP contribution in [0.1, 0.15) is 45.0 Å². The third-order valence-corrected chi connectivity index (χ3v) is 2.80. The van der Waals surface area contributed by atoms with Gasteiger partial charge in [-0.3, -0.25) is 0 Å². The minimum atomic E-state index is -0.0987. The minimum absolute atomic E-state index is 0.0987. The molecule has 0 radical (unpaired) electrons. The van der Waals surface area contributed by atoms with Gasteiger partial charge in [-0.15, -0.1) is 6.58 Å². The van der Waals surface area contributed by atoms with Gasteiger partial charge in [0.15, 0.2) is 0 Å². The minimum Gasteiger partial charge on any atom is -0.477 e. The first-order valence-electron chi connectivity index (χ1n) is 6.70. The molecule has 0 aliphatic heterocycles. The summed E-state index contributed by atoms with van der Waals surface area (Å²) in [4.78, 5) is 9.10. The van der Waals surface area contributed by atoms with Crippen molar-refractivity contribution >= 4 is 5.82 Å². The van der Waals surface area contributed by atoms with Crippen LogP contribution >= 0.6 is 0 Å². The maximum Gasteiger partial charge on any atom is 0.221 e. The number of ether oxygens (including phenoxy) is 1. The molecule has 0 spiro atoms. The summed E-state index contributed by atoms with van der Waals surface area (Å²) in [6.07, 6.45) is 3.80. The van der Waals surface area contributed by atoms with Gasteiger partial charge in [-0.25, -0.2) is 4.98 Å². The Hall–Kier alpha value is -1.58. The summed E-state index contributed by atoms with van der Waals surface area (Å²) in [7, 11) is 1.86. The zero-order chi connectivity index (χ0) is 14.5. The molecule has 0 saturated carbocycles. The Morgan fingerprint density at radius 1 is 1.32 bits per heavy atom. The van der Waals surface area contributed by atoms with Crippen LogP contribution in [-0.2, 0) is 5.41 Å². The fourth-order valence-electron chi connectivity index (χ4n) is 1.61. The van der Waals surface area contributed by atoms with E-state index < -0.39 is 0 Å². The van der Waals surface area contributed by atoms with Crippen LogP contribution in [0.25, 0.3) is 0 Å². The van der Waals surface area contributed by atoms with Crippen molar-refractivity contribution in [3.05, 3.63) is 24.0 Å². The number of unbranched alkanes of at least 4 members (excludes halogenated alkanes) is 1. The summed E-state index contributed by atoms with van der Waals surface area (Å²) >= 11 is 0. The fourth-order valence-corrected chi connectivity index (χ4v) is 1.61. The van der Waals surface area contributed by atoms with Crippen molar-refractivity contribution in [1.82, 2.24) is 9.97 Å². The van der Waals surface area contributed by atoms with E-state index in [9.17, 15) is 0 Å². The molecule has 19 heavy (non-hydrogen) atoms. The van der Waals surface area contributed by atoms with Gasteiger partial charge in [-0.05, 0) is 19.8 Å². The second-order valence-corrected chi connectivity index (χ2v) is 5.61. The molecule has 0 amide bonds. The van der Waals surface area contributed by atoms with Crippen molar-refractivity contribution < 1.29 is 4.74 Å². The summed E-state index contributed by atoms with van der Waals surface area (Å²) in [5.74, 6) is 2.30. The first-order valence-corrected chi connectivity index (χ1v) is 6.70. The van der Waals surface area contributed by atoms with Crippen LogP contribution in [0.4, 0.5) is 5.82 Å². The summed E-state index contributed by atoms with van der Waals surface area (Å²) in [6, 6.07) is 0. The summed E-state index contributed by atoms with van der Waals surface area (Å²) < 4.78 is 5.78. The Morgan fingerprint density at radius 3 is 2.53 bits per heavy atom. The molecule has 4 heteroatoms. The van der Waals surface area contributed by atoms with Gasteiger partial charge in [-0.1, -0.05) is 26.8 Å². The van der Waals surface area contributed by atoms with Gasteiger partial charge in [0.25, 0.3) is 0 Å². The van der Waals surface area contributed by atoms with E-state index >= 15 is 0 Å². The highest BCUT2D eigenvalue weighted by atomic mass is 16.5. The zero-order valence-electron chi connectivity index (χ0n) is 12.7. The molecule has 1 rings (SSSR count). The fraction of sp³-hybridized carbons (Fsp3) is 0.600. The Balaban J connectivity index is 2.98. The highest BCUT2D eigenvalue weighted by molar-refractivity contribution is 5.48. The van der Waals surface area contributed by atoms with Crippen molar-refractivity contribution in [2.75, 3.05) is 19.0 Å². The average Bonchev–Trinajstić information content (AvgIpc) is 2.35. The van der Waals surface area contributed by atoms with E-state index in [0.29, 0.717) is 12.5 Å². The van der Waals surface area contributed by atoms with Crippen LogP contribution in [0.2, 0.25) is 0 Å². The van der Waals surface area contributed by atoms with Crippen molar-refractivity contribution in [1.29, 1.82) is 0 Å². The van der Waals surface area contributed by atoms with E-state index in [2.05, 4.69) is 42.6 Å². The zero-order valence-corrected chi connectivity index (χ0v) is 12.7. The number of aromatic nitrogens is 2. The molecule has 106 valence electrons. The van der Waals surface area contributed by atoms with Crippen molar-refractivity contribution in [2.24, 2.45) is 0 Å². The lowest BCUT2D eigenvalue weighted by Crippen LogP contribution is -2.18. The number of rotatable bonds is 6. The van der Waals surface area contributed by atoms with E-state index in [0.717, 1.165) is 30.0 Å². The van der Waals surface area contributed by atoms with Gasteiger partial charge < -0.3 is 10.1 Å². The normalized spacial score (nSPS) is 11.2. The van der Waals surface area contributed by atoms with Gasteiger partial charge in [0.05, 0.1) is 12.2 Å². The van der Waals surface area contributed by atoms with Crippen molar-refractivity contribution in [3.8, 4) is 5.88 Å². The molecular weight excluding hydrogens is 238 g/mol. The van der Waals surface area contributed by atoms with Crippen molar-refractivity contribution in [3.63, 3.8) is 0 Å². The third kappa shape index (κ3) is 4.23. The lowest BCUT2D eigenvalue weighted by atomic mass is 9.95.